The van der Waals surface area contributed by atoms with E-state index in [4.69, 9.17) is 37.4 Å². The molecule has 0 saturated heterocycles. The number of likely N-dealkylation sites (N-methyl/N-ethyl adjacent to an activating group) is 1. The highest BCUT2D eigenvalue weighted by atomic mass is 35.5. The van der Waals surface area contributed by atoms with E-state index in [0.717, 1.165) is 5.56 Å². The number of rotatable bonds is 4. The van der Waals surface area contributed by atoms with Crippen molar-refractivity contribution in [3.8, 4) is 17.2 Å². The molecular formula is C20H18Cl2N2O5. The Hall–Kier alpha value is -2.64. The van der Waals surface area contributed by atoms with Gasteiger partial charge in [0.25, 0.3) is 11.8 Å². The van der Waals surface area contributed by atoms with Crippen LogP contribution in [0.2, 0.25) is 10.0 Å². The van der Waals surface area contributed by atoms with Gasteiger partial charge in [0.1, 0.15) is 0 Å². The third kappa shape index (κ3) is 3.24. The van der Waals surface area contributed by atoms with Crippen LogP contribution in [0.25, 0.3) is 0 Å². The molecule has 0 unspecified atom stereocenters. The maximum atomic E-state index is 12.8. The van der Waals surface area contributed by atoms with Crippen LogP contribution in [0.15, 0.2) is 18.2 Å². The molecule has 9 heteroatoms. The number of carbonyl (C=O) groups is 2. The van der Waals surface area contributed by atoms with E-state index in [1.54, 1.807) is 30.1 Å². The lowest BCUT2D eigenvalue weighted by Crippen LogP contribution is -2.36. The Kier molecular flexibility index (Phi) is 5.19. The highest BCUT2D eigenvalue weighted by Gasteiger charge is 2.36. The van der Waals surface area contributed by atoms with E-state index < -0.39 is 5.91 Å². The molecule has 2 aliphatic heterocycles. The summed E-state index contributed by atoms with van der Waals surface area (Å²) in [5, 5.41) is 3.35. The SMILES string of the molecule is COc1c2c(c(CNC(=O)c3c(Cl)cccc3Cl)c3c1C(=O)N(C)CC3)OCO2. The average molecular weight is 437 g/mol. The Labute approximate surface area is 177 Å². The summed E-state index contributed by atoms with van der Waals surface area (Å²) >= 11 is 12.3. The molecule has 0 aromatic heterocycles. The number of benzene rings is 2. The van der Waals surface area contributed by atoms with E-state index in [1.807, 2.05) is 0 Å². The van der Waals surface area contributed by atoms with E-state index in [0.29, 0.717) is 41.3 Å². The molecule has 4 rings (SSSR count). The fourth-order valence-electron chi connectivity index (χ4n) is 3.64. The minimum atomic E-state index is -0.419. The van der Waals surface area contributed by atoms with Gasteiger partial charge in [-0.2, -0.15) is 0 Å². The monoisotopic (exact) mass is 436 g/mol. The Morgan fingerprint density at radius 3 is 2.62 bits per heavy atom. The van der Waals surface area contributed by atoms with Crippen LogP contribution >= 0.6 is 23.2 Å². The molecule has 2 heterocycles. The van der Waals surface area contributed by atoms with Crippen molar-refractivity contribution in [1.82, 2.24) is 10.2 Å². The number of hydrogen-bond donors (Lipinski definition) is 1. The van der Waals surface area contributed by atoms with Gasteiger partial charge >= 0.3 is 0 Å². The number of nitrogens with one attached hydrogen (secondary N) is 1. The number of fused-ring (bicyclic) bond motifs is 2. The summed E-state index contributed by atoms with van der Waals surface area (Å²) in [6.07, 6.45) is 0.600. The predicted octanol–water partition coefficient (Wildman–Crippen LogP) is 3.29. The minimum absolute atomic E-state index is 0.00983. The largest absolute Gasteiger partial charge is 0.492 e. The summed E-state index contributed by atoms with van der Waals surface area (Å²) in [6, 6.07) is 4.86. The summed E-state index contributed by atoms with van der Waals surface area (Å²) in [5.41, 5.74) is 2.10. The van der Waals surface area contributed by atoms with Crippen molar-refractivity contribution < 1.29 is 23.8 Å². The molecule has 7 nitrogen and oxygen atoms in total. The smallest absolute Gasteiger partial charge is 0.257 e. The third-order valence-corrected chi connectivity index (χ3v) is 5.69. The van der Waals surface area contributed by atoms with Crippen LogP contribution in [0.1, 0.15) is 31.8 Å². The van der Waals surface area contributed by atoms with Gasteiger partial charge < -0.3 is 24.4 Å². The first-order valence-corrected chi connectivity index (χ1v) is 9.68. The predicted molar refractivity (Wildman–Crippen MR) is 107 cm³/mol. The Morgan fingerprint density at radius 2 is 1.93 bits per heavy atom. The zero-order valence-corrected chi connectivity index (χ0v) is 17.3. The zero-order chi connectivity index (χ0) is 20.7. The molecule has 0 atom stereocenters. The van der Waals surface area contributed by atoms with E-state index >= 15 is 0 Å². The second-order valence-corrected chi connectivity index (χ2v) is 7.50. The molecular weight excluding hydrogens is 419 g/mol. The van der Waals surface area contributed by atoms with Crippen LogP contribution < -0.4 is 19.5 Å². The zero-order valence-electron chi connectivity index (χ0n) is 15.8. The van der Waals surface area contributed by atoms with Crippen LogP contribution in [-0.2, 0) is 13.0 Å². The summed E-state index contributed by atoms with van der Waals surface area (Å²) in [6.45, 7) is 0.678. The number of methoxy groups -OCH3 is 1. The fourth-order valence-corrected chi connectivity index (χ4v) is 4.21. The van der Waals surface area contributed by atoms with Crippen LogP contribution in [-0.4, -0.2) is 44.2 Å². The second-order valence-electron chi connectivity index (χ2n) is 6.69. The van der Waals surface area contributed by atoms with Crippen molar-refractivity contribution >= 4 is 35.0 Å². The van der Waals surface area contributed by atoms with Gasteiger partial charge in [0, 0.05) is 25.7 Å². The number of halogens is 2. The molecule has 2 aromatic carbocycles. The highest BCUT2D eigenvalue weighted by molar-refractivity contribution is 6.39. The summed E-state index contributed by atoms with van der Waals surface area (Å²) in [5.74, 6) is 0.618. The number of carbonyl (C=O) groups excluding carboxylic acids is 2. The minimum Gasteiger partial charge on any atom is -0.492 e. The normalized spacial score (nSPS) is 14.6. The van der Waals surface area contributed by atoms with Gasteiger partial charge in [0.2, 0.25) is 12.5 Å². The van der Waals surface area contributed by atoms with Crippen LogP contribution in [0.4, 0.5) is 0 Å². The van der Waals surface area contributed by atoms with Crippen molar-refractivity contribution in [2.24, 2.45) is 0 Å². The molecule has 0 aliphatic carbocycles. The van der Waals surface area contributed by atoms with Gasteiger partial charge in [-0.05, 0) is 24.1 Å². The molecule has 2 aromatic rings. The maximum absolute atomic E-state index is 12.8. The van der Waals surface area contributed by atoms with Gasteiger partial charge in [-0.1, -0.05) is 29.3 Å². The summed E-state index contributed by atoms with van der Waals surface area (Å²) in [7, 11) is 3.22. The Bertz CT molecular complexity index is 1000. The molecule has 0 spiro atoms. The first-order chi connectivity index (χ1) is 13.9. The molecule has 2 aliphatic rings. The molecule has 152 valence electrons. The van der Waals surface area contributed by atoms with Crippen molar-refractivity contribution in [3.63, 3.8) is 0 Å². The molecule has 1 N–H and O–H groups in total. The molecule has 0 radical (unpaired) electrons. The van der Waals surface area contributed by atoms with Gasteiger partial charge in [-0.25, -0.2) is 0 Å². The second kappa shape index (κ2) is 7.65. The first-order valence-electron chi connectivity index (χ1n) is 8.93. The molecule has 0 bridgehead atoms. The lowest BCUT2D eigenvalue weighted by atomic mass is 9.91. The van der Waals surface area contributed by atoms with Gasteiger partial charge in [0.15, 0.2) is 11.5 Å². The lowest BCUT2D eigenvalue weighted by Gasteiger charge is -2.29. The fraction of sp³-hybridized carbons (Fsp3) is 0.300. The number of amides is 2. The summed E-state index contributed by atoms with van der Waals surface area (Å²) in [4.78, 5) is 27.2. The number of hydrogen-bond acceptors (Lipinski definition) is 5. The highest BCUT2D eigenvalue weighted by Crippen LogP contribution is 2.49. The quantitative estimate of drug-likeness (QED) is 0.795. The summed E-state index contributed by atoms with van der Waals surface area (Å²) < 4.78 is 16.7. The van der Waals surface area contributed by atoms with Crippen molar-refractivity contribution in [2.45, 2.75) is 13.0 Å². The van der Waals surface area contributed by atoms with E-state index in [1.165, 1.54) is 7.11 Å². The van der Waals surface area contributed by atoms with E-state index in [-0.39, 0.29) is 34.9 Å². The van der Waals surface area contributed by atoms with Gasteiger partial charge in [0.05, 0.1) is 28.3 Å². The molecule has 29 heavy (non-hydrogen) atoms. The van der Waals surface area contributed by atoms with Gasteiger partial charge in [-0.3, -0.25) is 9.59 Å². The van der Waals surface area contributed by atoms with Crippen LogP contribution in [0.5, 0.6) is 17.2 Å². The van der Waals surface area contributed by atoms with Crippen molar-refractivity contribution in [1.29, 1.82) is 0 Å². The standard InChI is InChI=1S/C20H18Cl2N2O5/c1-24-7-6-10-11(8-23-19(25)15-12(21)4-3-5-13(15)22)16-18(29-9-28-16)17(27-2)14(10)20(24)26/h3-5H,6-9H2,1-2H3,(H,23,25). The average Bonchev–Trinajstić information content (AvgIpc) is 3.17. The molecule has 0 saturated carbocycles. The van der Waals surface area contributed by atoms with E-state index in [2.05, 4.69) is 5.32 Å². The molecule has 0 fully saturated rings. The van der Waals surface area contributed by atoms with Crippen LogP contribution in [0, 0.1) is 0 Å². The third-order valence-electron chi connectivity index (χ3n) is 5.06. The topological polar surface area (TPSA) is 77.1 Å². The van der Waals surface area contributed by atoms with E-state index in [9.17, 15) is 9.59 Å². The van der Waals surface area contributed by atoms with Crippen molar-refractivity contribution in [2.75, 3.05) is 27.5 Å². The number of nitrogens with zero attached hydrogens (tertiary/aromatic N) is 1. The Balaban J connectivity index is 1.74. The maximum Gasteiger partial charge on any atom is 0.257 e. The Morgan fingerprint density at radius 1 is 1.24 bits per heavy atom. The lowest BCUT2D eigenvalue weighted by molar-refractivity contribution is 0.0775. The van der Waals surface area contributed by atoms with Crippen molar-refractivity contribution in [3.05, 3.63) is 50.5 Å². The first kappa shape index (κ1) is 19.7. The van der Waals surface area contributed by atoms with Gasteiger partial charge in [-0.15, -0.1) is 0 Å². The van der Waals surface area contributed by atoms with Crippen LogP contribution in [0.3, 0.4) is 0 Å². The number of ether oxygens (including phenoxy) is 3. The molecule has 2 amide bonds.